The molecule has 0 aliphatic carbocycles. The van der Waals surface area contributed by atoms with E-state index >= 15 is 0 Å². The van der Waals surface area contributed by atoms with Crippen LogP contribution in [0.15, 0.2) is 12.1 Å². The second-order valence-electron chi connectivity index (χ2n) is 5.58. The van der Waals surface area contributed by atoms with Crippen LogP contribution in [0, 0.1) is 6.07 Å². The van der Waals surface area contributed by atoms with E-state index in [0.717, 1.165) is 6.42 Å². The summed E-state index contributed by atoms with van der Waals surface area (Å²) in [5.74, 6) is 0. The molecule has 0 aromatic heterocycles. The van der Waals surface area contributed by atoms with Crippen molar-refractivity contribution in [2.24, 2.45) is 0 Å². The Bertz CT molecular complexity index is 338. The minimum atomic E-state index is 1.16. The molecule has 1 aromatic carbocycles. The van der Waals surface area contributed by atoms with Crippen molar-refractivity contribution in [2.75, 3.05) is 0 Å². The first-order chi connectivity index (χ1) is 9.33. The third-order valence-corrected chi connectivity index (χ3v) is 3.96. The molecular formula is C19H31. The summed E-state index contributed by atoms with van der Waals surface area (Å²) in [6, 6.07) is 7.89. The smallest absolute Gasteiger partial charge is 0.0146 e. The molecule has 107 valence electrons. The second-order valence-corrected chi connectivity index (χ2v) is 5.58. The van der Waals surface area contributed by atoms with Crippen LogP contribution >= 0.6 is 0 Å². The summed E-state index contributed by atoms with van der Waals surface area (Å²) in [6.45, 7) is 6.83. The summed E-state index contributed by atoms with van der Waals surface area (Å²) in [5.41, 5.74) is 4.64. The van der Waals surface area contributed by atoms with E-state index < -0.39 is 0 Å². The van der Waals surface area contributed by atoms with Gasteiger partial charge in [-0.2, -0.15) is 0 Å². The van der Waals surface area contributed by atoms with Crippen LogP contribution < -0.4 is 0 Å². The van der Waals surface area contributed by atoms with E-state index in [-0.39, 0.29) is 0 Å². The van der Waals surface area contributed by atoms with Crippen LogP contribution in [-0.2, 0) is 19.3 Å². The lowest BCUT2D eigenvalue weighted by Crippen LogP contribution is -2.00. The zero-order valence-corrected chi connectivity index (χ0v) is 13.2. The van der Waals surface area contributed by atoms with Crippen molar-refractivity contribution in [3.8, 4) is 0 Å². The van der Waals surface area contributed by atoms with Crippen molar-refractivity contribution in [1.82, 2.24) is 0 Å². The fourth-order valence-electron chi connectivity index (χ4n) is 2.82. The van der Waals surface area contributed by atoms with Crippen LogP contribution in [0.2, 0.25) is 0 Å². The number of unbranched alkanes of at least 4 members (excludes halogenated alkanes) is 5. The van der Waals surface area contributed by atoms with Crippen molar-refractivity contribution >= 4 is 0 Å². The summed E-state index contributed by atoms with van der Waals surface area (Å²) in [5, 5.41) is 0. The Labute approximate surface area is 120 Å². The predicted molar refractivity (Wildman–Crippen MR) is 85.7 cm³/mol. The van der Waals surface area contributed by atoms with Gasteiger partial charge in [-0.05, 0) is 48.4 Å². The Balaban J connectivity index is 2.47. The Morgan fingerprint density at radius 1 is 0.842 bits per heavy atom. The first-order valence-corrected chi connectivity index (χ1v) is 8.34. The highest BCUT2D eigenvalue weighted by Crippen LogP contribution is 2.20. The highest BCUT2D eigenvalue weighted by atomic mass is 14.1. The molecule has 0 N–H and O–H groups in total. The Morgan fingerprint density at radius 2 is 1.58 bits per heavy atom. The topological polar surface area (TPSA) is 0 Å². The average Bonchev–Trinajstić information content (AvgIpc) is 2.44. The molecule has 0 amide bonds. The SMILES string of the molecule is CCCCCCCCc1[c]ccc(CC)c1CCC. The highest BCUT2D eigenvalue weighted by molar-refractivity contribution is 5.34. The molecule has 0 nitrogen and oxygen atoms in total. The normalized spacial score (nSPS) is 10.9. The quantitative estimate of drug-likeness (QED) is 0.459. The van der Waals surface area contributed by atoms with Crippen molar-refractivity contribution in [3.63, 3.8) is 0 Å². The largest absolute Gasteiger partial charge is 0.0654 e. The Hall–Kier alpha value is -0.780. The number of hydrogen-bond acceptors (Lipinski definition) is 0. The molecule has 0 bridgehead atoms. The molecule has 0 saturated carbocycles. The van der Waals surface area contributed by atoms with Crippen molar-refractivity contribution in [2.45, 2.75) is 85.0 Å². The zero-order chi connectivity index (χ0) is 13.9. The number of rotatable bonds is 10. The van der Waals surface area contributed by atoms with Gasteiger partial charge in [0.2, 0.25) is 0 Å². The van der Waals surface area contributed by atoms with Gasteiger partial charge in [0.05, 0.1) is 0 Å². The number of hydrogen-bond donors (Lipinski definition) is 0. The van der Waals surface area contributed by atoms with Gasteiger partial charge in [0.15, 0.2) is 0 Å². The maximum absolute atomic E-state index is 3.50. The van der Waals surface area contributed by atoms with Gasteiger partial charge in [0.1, 0.15) is 0 Å². The van der Waals surface area contributed by atoms with Crippen LogP contribution in [0.4, 0.5) is 0 Å². The molecule has 0 heterocycles. The molecular weight excluding hydrogens is 228 g/mol. The van der Waals surface area contributed by atoms with E-state index in [9.17, 15) is 0 Å². The van der Waals surface area contributed by atoms with Crippen LogP contribution in [0.5, 0.6) is 0 Å². The lowest BCUT2D eigenvalue weighted by Gasteiger charge is -2.13. The van der Waals surface area contributed by atoms with Crippen LogP contribution in [-0.4, -0.2) is 0 Å². The lowest BCUT2D eigenvalue weighted by atomic mass is 9.92. The third-order valence-electron chi connectivity index (χ3n) is 3.96. The Kier molecular flexibility index (Phi) is 8.62. The van der Waals surface area contributed by atoms with Gasteiger partial charge in [0, 0.05) is 0 Å². The molecule has 0 atom stereocenters. The molecule has 0 unspecified atom stereocenters. The molecule has 19 heavy (non-hydrogen) atoms. The van der Waals surface area contributed by atoms with Crippen molar-refractivity contribution in [3.05, 3.63) is 34.9 Å². The third kappa shape index (κ3) is 5.80. The minimum absolute atomic E-state index is 1.16. The summed E-state index contributed by atoms with van der Waals surface area (Å²) < 4.78 is 0. The van der Waals surface area contributed by atoms with Gasteiger partial charge >= 0.3 is 0 Å². The average molecular weight is 259 g/mol. The maximum Gasteiger partial charge on any atom is -0.0146 e. The molecule has 0 aliphatic heterocycles. The lowest BCUT2D eigenvalue weighted by molar-refractivity contribution is 0.606. The summed E-state index contributed by atoms with van der Waals surface area (Å²) in [4.78, 5) is 0. The monoisotopic (exact) mass is 259 g/mol. The molecule has 0 saturated heterocycles. The molecule has 0 fully saturated rings. The van der Waals surface area contributed by atoms with E-state index in [2.05, 4.69) is 39.0 Å². The molecule has 0 heteroatoms. The highest BCUT2D eigenvalue weighted by Gasteiger charge is 2.06. The number of benzene rings is 1. The van der Waals surface area contributed by atoms with Gasteiger partial charge in [-0.25, -0.2) is 0 Å². The fourth-order valence-corrected chi connectivity index (χ4v) is 2.82. The molecule has 0 spiro atoms. The van der Waals surface area contributed by atoms with Crippen molar-refractivity contribution < 1.29 is 0 Å². The van der Waals surface area contributed by atoms with Crippen molar-refractivity contribution in [1.29, 1.82) is 0 Å². The molecule has 1 aromatic rings. The minimum Gasteiger partial charge on any atom is -0.0654 e. The number of aryl methyl sites for hydroxylation is 2. The second kappa shape index (κ2) is 10.1. The van der Waals surface area contributed by atoms with E-state index in [4.69, 9.17) is 0 Å². The van der Waals surface area contributed by atoms with Crippen LogP contribution in [0.25, 0.3) is 0 Å². The molecule has 0 aliphatic rings. The van der Waals surface area contributed by atoms with Crippen LogP contribution in [0.3, 0.4) is 0 Å². The summed E-state index contributed by atoms with van der Waals surface area (Å²) in [6.07, 6.45) is 13.1. The van der Waals surface area contributed by atoms with Gasteiger partial charge in [-0.3, -0.25) is 0 Å². The van der Waals surface area contributed by atoms with Crippen LogP contribution in [0.1, 0.15) is 82.4 Å². The van der Waals surface area contributed by atoms with Gasteiger partial charge < -0.3 is 0 Å². The summed E-state index contributed by atoms with van der Waals surface area (Å²) >= 11 is 0. The van der Waals surface area contributed by atoms with E-state index in [1.54, 1.807) is 11.1 Å². The van der Waals surface area contributed by atoms with E-state index in [1.807, 2.05) is 0 Å². The maximum atomic E-state index is 3.50. The van der Waals surface area contributed by atoms with E-state index in [1.165, 1.54) is 63.4 Å². The van der Waals surface area contributed by atoms with Gasteiger partial charge in [-0.1, -0.05) is 71.4 Å². The molecule has 1 radical (unpaired) electrons. The van der Waals surface area contributed by atoms with E-state index in [0.29, 0.717) is 0 Å². The standard InChI is InChI=1S/C19H31/c1-4-7-8-9-10-11-14-18-16-12-15-17(6-3)19(18)13-5-2/h12,15H,4-11,13-14H2,1-3H3. The summed E-state index contributed by atoms with van der Waals surface area (Å²) in [7, 11) is 0. The molecule has 1 rings (SSSR count). The first kappa shape index (κ1) is 16.3. The van der Waals surface area contributed by atoms with Gasteiger partial charge in [-0.15, -0.1) is 0 Å². The van der Waals surface area contributed by atoms with Gasteiger partial charge in [0.25, 0.3) is 0 Å². The predicted octanol–water partition coefficient (Wildman–Crippen LogP) is 5.90. The zero-order valence-electron chi connectivity index (χ0n) is 13.2. The fraction of sp³-hybridized carbons (Fsp3) is 0.684. The Morgan fingerprint density at radius 3 is 2.26 bits per heavy atom. The first-order valence-electron chi connectivity index (χ1n) is 8.34.